The normalized spacial score (nSPS) is 36.8. The van der Waals surface area contributed by atoms with Crippen LogP contribution in [0.4, 0.5) is 0 Å². The molecule has 0 radical (unpaired) electrons. The summed E-state index contributed by atoms with van der Waals surface area (Å²) >= 11 is 0. The fourth-order valence-electron chi connectivity index (χ4n) is 2.55. The van der Waals surface area contributed by atoms with Gasteiger partial charge in [0.1, 0.15) is 0 Å². The SMILES string of the molecule is C=CC1CC(C)CCC1C(C)C. The molecule has 0 heterocycles. The molecule has 0 saturated heterocycles. The standard InChI is InChI=1S/C12H22/c1-5-11-8-10(4)6-7-12(11)9(2)3/h5,9-12H,1,6-8H2,2-4H3. The van der Waals surface area contributed by atoms with Crippen LogP contribution in [0.15, 0.2) is 12.7 Å². The minimum Gasteiger partial charge on any atom is -0.103 e. The summed E-state index contributed by atoms with van der Waals surface area (Å²) in [5, 5.41) is 0. The van der Waals surface area contributed by atoms with Crippen molar-refractivity contribution in [2.24, 2.45) is 23.7 Å². The maximum atomic E-state index is 3.95. The monoisotopic (exact) mass is 166 g/mol. The molecule has 0 amide bonds. The van der Waals surface area contributed by atoms with Crippen LogP contribution in [0, 0.1) is 23.7 Å². The molecule has 1 aliphatic rings. The van der Waals surface area contributed by atoms with Crippen LogP contribution in [0.1, 0.15) is 40.0 Å². The van der Waals surface area contributed by atoms with Gasteiger partial charge in [0.2, 0.25) is 0 Å². The third-order valence-electron chi connectivity index (χ3n) is 3.38. The second-order valence-electron chi connectivity index (χ2n) is 4.73. The summed E-state index contributed by atoms with van der Waals surface area (Å²) < 4.78 is 0. The Labute approximate surface area is 77.1 Å². The molecule has 0 N–H and O–H groups in total. The maximum Gasteiger partial charge on any atom is -0.0203 e. The van der Waals surface area contributed by atoms with E-state index in [0.717, 1.165) is 23.7 Å². The average molecular weight is 166 g/mol. The summed E-state index contributed by atoms with van der Waals surface area (Å²) in [5.74, 6) is 3.44. The highest BCUT2D eigenvalue weighted by molar-refractivity contribution is 4.90. The van der Waals surface area contributed by atoms with Gasteiger partial charge in [0, 0.05) is 0 Å². The van der Waals surface area contributed by atoms with E-state index in [1.54, 1.807) is 0 Å². The molecule has 0 aromatic rings. The van der Waals surface area contributed by atoms with Crippen LogP contribution in [-0.4, -0.2) is 0 Å². The minimum absolute atomic E-state index is 0.786. The van der Waals surface area contributed by atoms with Gasteiger partial charge in [-0.2, -0.15) is 0 Å². The van der Waals surface area contributed by atoms with Gasteiger partial charge in [-0.15, -0.1) is 6.58 Å². The third-order valence-corrected chi connectivity index (χ3v) is 3.38. The van der Waals surface area contributed by atoms with Crippen molar-refractivity contribution >= 4 is 0 Å². The lowest BCUT2D eigenvalue weighted by Gasteiger charge is -2.35. The predicted octanol–water partition coefficient (Wildman–Crippen LogP) is 3.88. The summed E-state index contributed by atoms with van der Waals surface area (Å²) in [5.41, 5.74) is 0. The van der Waals surface area contributed by atoms with Crippen molar-refractivity contribution in [1.29, 1.82) is 0 Å². The van der Waals surface area contributed by atoms with Gasteiger partial charge in [-0.25, -0.2) is 0 Å². The number of allylic oxidation sites excluding steroid dienone is 1. The van der Waals surface area contributed by atoms with Gasteiger partial charge in [0.25, 0.3) is 0 Å². The van der Waals surface area contributed by atoms with Crippen LogP contribution in [0.25, 0.3) is 0 Å². The Morgan fingerprint density at radius 1 is 1.33 bits per heavy atom. The van der Waals surface area contributed by atoms with E-state index < -0.39 is 0 Å². The van der Waals surface area contributed by atoms with Crippen molar-refractivity contribution in [3.8, 4) is 0 Å². The van der Waals surface area contributed by atoms with E-state index in [2.05, 4.69) is 33.4 Å². The molecule has 1 saturated carbocycles. The first kappa shape index (κ1) is 9.83. The minimum atomic E-state index is 0.786. The summed E-state index contributed by atoms with van der Waals surface area (Å²) in [6.45, 7) is 11.0. The van der Waals surface area contributed by atoms with E-state index in [1.165, 1.54) is 19.3 Å². The zero-order valence-electron chi connectivity index (χ0n) is 8.72. The summed E-state index contributed by atoms with van der Waals surface area (Å²) in [7, 11) is 0. The summed E-state index contributed by atoms with van der Waals surface area (Å²) in [6, 6.07) is 0. The number of hydrogen-bond acceptors (Lipinski definition) is 0. The van der Waals surface area contributed by atoms with Crippen LogP contribution in [-0.2, 0) is 0 Å². The molecule has 0 bridgehead atoms. The fraction of sp³-hybridized carbons (Fsp3) is 0.833. The van der Waals surface area contributed by atoms with Crippen molar-refractivity contribution < 1.29 is 0 Å². The Morgan fingerprint density at radius 2 is 2.00 bits per heavy atom. The fourth-order valence-corrected chi connectivity index (χ4v) is 2.55. The van der Waals surface area contributed by atoms with Crippen molar-refractivity contribution in [1.82, 2.24) is 0 Å². The Bertz CT molecular complexity index is 146. The van der Waals surface area contributed by atoms with Crippen LogP contribution in [0.5, 0.6) is 0 Å². The molecule has 1 rings (SSSR count). The Balaban J connectivity index is 2.56. The molecular formula is C12H22. The van der Waals surface area contributed by atoms with Gasteiger partial charge in [0.05, 0.1) is 0 Å². The molecule has 0 aromatic carbocycles. The first-order chi connectivity index (χ1) is 5.65. The predicted molar refractivity (Wildman–Crippen MR) is 55.0 cm³/mol. The van der Waals surface area contributed by atoms with Gasteiger partial charge >= 0.3 is 0 Å². The van der Waals surface area contributed by atoms with E-state index >= 15 is 0 Å². The van der Waals surface area contributed by atoms with E-state index in [0.29, 0.717) is 0 Å². The van der Waals surface area contributed by atoms with Gasteiger partial charge in [-0.05, 0) is 36.5 Å². The molecule has 12 heavy (non-hydrogen) atoms. The Kier molecular flexibility index (Phi) is 3.37. The summed E-state index contributed by atoms with van der Waals surface area (Å²) in [6.07, 6.45) is 6.38. The van der Waals surface area contributed by atoms with E-state index in [4.69, 9.17) is 0 Å². The molecule has 1 aliphatic carbocycles. The molecule has 3 atom stereocenters. The van der Waals surface area contributed by atoms with Gasteiger partial charge < -0.3 is 0 Å². The molecule has 3 unspecified atom stereocenters. The van der Waals surface area contributed by atoms with Gasteiger partial charge in [-0.1, -0.05) is 33.3 Å². The Hall–Kier alpha value is -0.260. The van der Waals surface area contributed by atoms with Crippen LogP contribution in [0.2, 0.25) is 0 Å². The largest absolute Gasteiger partial charge is 0.103 e. The van der Waals surface area contributed by atoms with E-state index in [-0.39, 0.29) is 0 Å². The molecule has 70 valence electrons. The lowest BCUT2D eigenvalue weighted by molar-refractivity contribution is 0.179. The van der Waals surface area contributed by atoms with E-state index in [1.807, 2.05) is 0 Å². The van der Waals surface area contributed by atoms with Crippen molar-refractivity contribution in [2.75, 3.05) is 0 Å². The second kappa shape index (κ2) is 4.11. The van der Waals surface area contributed by atoms with Crippen molar-refractivity contribution in [3.63, 3.8) is 0 Å². The lowest BCUT2D eigenvalue weighted by Crippen LogP contribution is -2.26. The van der Waals surface area contributed by atoms with Crippen LogP contribution < -0.4 is 0 Å². The molecule has 0 heteroatoms. The zero-order valence-corrected chi connectivity index (χ0v) is 8.72. The van der Waals surface area contributed by atoms with Crippen LogP contribution in [0.3, 0.4) is 0 Å². The highest BCUT2D eigenvalue weighted by Crippen LogP contribution is 2.38. The van der Waals surface area contributed by atoms with Crippen molar-refractivity contribution in [3.05, 3.63) is 12.7 Å². The quantitative estimate of drug-likeness (QED) is 0.546. The topological polar surface area (TPSA) is 0 Å². The highest BCUT2D eigenvalue weighted by atomic mass is 14.3. The second-order valence-corrected chi connectivity index (χ2v) is 4.73. The lowest BCUT2D eigenvalue weighted by atomic mass is 9.70. The zero-order chi connectivity index (χ0) is 9.14. The van der Waals surface area contributed by atoms with Gasteiger partial charge in [0.15, 0.2) is 0 Å². The average Bonchev–Trinajstić information content (AvgIpc) is 2.03. The van der Waals surface area contributed by atoms with Crippen LogP contribution >= 0.6 is 0 Å². The van der Waals surface area contributed by atoms with E-state index in [9.17, 15) is 0 Å². The summed E-state index contributed by atoms with van der Waals surface area (Å²) in [4.78, 5) is 0. The molecule has 0 nitrogen and oxygen atoms in total. The smallest absolute Gasteiger partial charge is 0.0203 e. The Morgan fingerprint density at radius 3 is 2.50 bits per heavy atom. The van der Waals surface area contributed by atoms with Crippen molar-refractivity contribution in [2.45, 2.75) is 40.0 Å². The first-order valence-electron chi connectivity index (χ1n) is 5.27. The number of rotatable bonds is 2. The first-order valence-corrected chi connectivity index (χ1v) is 5.27. The molecular weight excluding hydrogens is 144 g/mol. The molecule has 1 fully saturated rings. The third kappa shape index (κ3) is 2.12. The molecule has 0 aromatic heterocycles. The number of hydrogen-bond donors (Lipinski definition) is 0. The maximum absolute atomic E-state index is 3.95. The molecule has 0 aliphatic heterocycles. The molecule has 0 spiro atoms. The van der Waals surface area contributed by atoms with Gasteiger partial charge in [-0.3, -0.25) is 0 Å². The highest BCUT2D eigenvalue weighted by Gasteiger charge is 2.28.